The summed E-state index contributed by atoms with van der Waals surface area (Å²) in [4.78, 5) is 17.2. The molecule has 0 unspecified atom stereocenters. The Morgan fingerprint density at radius 2 is 0.796 bits per heavy atom. The predicted octanol–water partition coefficient (Wildman–Crippen LogP) is 13.1. The molecule has 10 rings (SSSR count). The van der Waals surface area contributed by atoms with E-state index in [1.54, 1.807) is 0 Å². The Morgan fingerprint density at radius 1 is 0.333 bits per heavy atom. The second kappa shape index (κ2) is 13.3. The molecule has 8 aromatic carbocycles. The lowest BCUT2D eigenvalue weighted by atomic mass is 10.0. The summed E-state index contributed by atoms with van der Waals surface area (Å²) in [5.74, 6) is 1.83. The average molecular weight is 693 g/mol. The van der Waals surface area contributed by atoms with Gasteiger partial charge in [0.1, 0.15) is 11.2 Å². The molecule has 0 fully saturated rings. The van der Waals surface area contributed by atoms with E-state index in [1.807, 2.05) is 66.7 Å². The summed E-state index contributed by atoms with van der Waals surface area (Å²) < 4.78 is 6.78. The minimum absolute atomic E-state index is 0.588. The molecular weight excluding hydrogens is 661 g/mol. The van der Waals surface area contributed by atoms with Gasteiger partial charge in [0.2, 0.25) is 0 Å². The van der Waals surface area contributed by atoms with E-state index in [0.29, 0.717) is 17.5 Å². The number of hydrogen-bond acceptors (Lipinski definition) is 5. The van der Waals surface area contributed by atoms with Gasteiger partial charge in [-0.1, -0.05) is 152 Å². The molecule has 0 aliphatic rings. The van der Waals surface area contributed by atoms with E-state index in [9.17, 15) is 0 Å². The first-order chi connectivity index (χ1) is 26.8. The second-order valence-corrected chi connectivity index (χ2v) is 13.3. The first-order valence-corrected chi connectivity index (χ1v) is 18.0. The molecule has 0 radical (unpaired) electrons. The molecule has 0 atom stereocenters. The molecule has 10 aromatic rings. The molecular formula is C49H32N4O. The van der Waals surface area contributed by atoms with Crippen LogP contribution in [-0.2, 0) is 0 Å². The molecule has 0 saturated heterocycles. The maximum absolute atomic E-state index is 6.78. The average Bonchev–Trinajstić information content (AvgIpc) is 3.63. The highest BCUT2D eigenvalue weighted by Gasteiger charge is 2.21. The van der Waals surface area contributed by atoms with Gasteiger partial charge in [-0.3, -0.25) is 0 Å². The lowest BCUT2D eigenvalue weighted by Crippen LogP contribution is -2.10. The van der Waals surface area contributed by atoms with E-state index < -0.39 is 0 Å². The third-order valence-electron chi connectivity index (χ3n) is 9.90. The summed E-state index contributed by atoms with van der Waals surface area (Å²) in [6.45, 7) is 0. The number of aromatic nitrogens is 3. The van der Waals surface area contributed by atoms with Gasteiger partial charge in [-0.15, -0.1) is 0 Å². The van der Waals surface area contributed by atoms with Crippen molar-refractivity contribution in [2.24, 2.45) is 0 Å². The van der Waals surface area contributed by atoms with Gasteiger partial charge in [-0.25, -0.2) is 15.0 Å². The number of nitrogens with zero attached hydrogens (tertiary/aromatic N) is 4. The molecule has 0 bridgehead atoms. The monoisotopic (exact) mass is 692 g/mol. The zero-order chi connectivity index (χ0) is 35.8. The van der Waals surface area contributed by atoms with E-state index in [4.69, 9.17) is 19.4 Å². The zero-order valence-corrected chi connectivity index (χ0v) is 29.2. The molecule has 0 amide bonds. The van der Waals surface area contributed by atoms with Gasteiger partial charge >= 0.3 is 0 Å². The molecule has 254 valence electrons. The molecule has 0 aliphatic heterocycles. The molecule has 5 heteroatoms. The van der Waals surface area contributed by atoms with Gasteiger partial charge in [0.15, 0.2) is 17.5 Å². The van der Waals surface area contributed by atoms with Crippen LogP contribution in [0.4, 0.5) is 17.1 Å². The number of furan rings is 1. The van der Waals surface area contributed by atoms with Crippen molar-refractivity contribution >= 4 is 49.8 Å². The lowest BCUT2D eigenvalue weighted by molar-refractivity contribution is 0.673. The van der Waals surface area contributed by atoms with Gasteiger partial charge in [-0.05, 0) is 53.6 Å². The van der Waals surface area contributed by atoms with E-state index in [2.05, 4.69) is 132 Å². The zero-order valence-electron chi connectivity index (χ0n) is 29.2. The van der Waals surface area contributed by atoms with Crippen LogP contribution < -0.4 is 4.90 Å². The van der Waals surface area contributed by atoms with Gasteiger partial charge in [-0.2, -0.15) is 0 Å². The fourth-order valence-corrected chi connectivity index (χ4v) is 7.28. The van der Waals surface area contributed by atoms with Crippen LogP contribution in [-0.4, -0.2) is 15.0 Å². The van der Waals surface area contributed by atoms with E-state index in [0.717, 1.165) is 66.5 Å². The van der Waals surface area contributed by atoms with Crippen molar-refractivity contribution in [3.8, 4) is 45.3 Å². The van der Waals surface area contributed by atoms with Crippen molar-refractivity contribution < 1.29 is 4.42 Å². The summed E-state index contributed by atoms with van der Waals surface area (Å²) in [6, 6.07) is 67.0. The van der Waals surface area contributed by atoms with Crippen molar-refractivity contribution in [1.82, 2.24) is 15.0 Å². The fraction of sp³-hybridized carbons (Fsp3) is 0. The van der Waals surface area contributed by atoms with E-state index in [1.165, 1.54) is 11.1 Å². The highest BCUT2D eigenvalue weighted by molar-refractivity contribution is 6.20. The number of rotatable bonds is 7. The quantitative estimate of drug-likeness (QED) is 0.166. The molecule has 54 heavy (non-hydrogen) atoms. The van der Waals surface area contributed by atoms with Crippen molar-refractivity contribution in [1.29, 1.82) is 0 Å². The second-order valence-electron chi connectivity index (χ2n) is 13.3. The number of anilines is 3. The first kappa shape index (κ1) is 31.4. The number of para-hydroxylation sites is 1. The van der Waals surface area contributed by atoms with Crippen molar-refractivity contribution in [3.05, 3.63) is 194 Å². The van der Waals surface area contributed by atoms with Crippen molar-refractivity contribution in [2.45, 2.75) is 0 Å². The maximum atomic E-state index is 6.78. The predicted molar refractivity (Wildman–Crippen MR) is 221 cm³/mol. The molecule has 5 nitrogen and oxygen atoms in total. The molecule has 0 aliphatic carbocycles. The highest BCUT2D eigenvalue weighted by Crippen LogP contribution is 2.45. The van der Waals surface area contributed by atoms with E-state index in [-0.39, 0.29) is 0 Å². The standard InChI is InChI=1S/C49H32N4O/c1-5-15-33(16-6-1)34-25-28-39(29-26-34)53(38-21-11-4-12-22-38)44-32-43-41-30-27-37(31-45(41)54-46(43)42-24-14-13-23-40(42)44)49-51-47(35-17-7-2-8-18-35)50-48(52-49)36-19-9-3-10-20-36/h1-32H. The Balaban J connectivity index is 1.14. The van der Waals surface area contributed by atoms with Crippen molar-refractivity contribution in [2.75, 3.05) is 4.90 Å². The number of benzene rings is 8. The summed E-state index contributed by atoms with van der Waals surface area (Å²) in [5.41, 5.74) is 9.91. The normalized spacial score (nSPS) is 11.3. The third-order valence-corrected chi connectivity index (χ3v) is 9.90. The molecule has 0 N–H and O–H groups in total. The van der Waals surface area contributed by atoms with Crippen LogP contribution in [0.1, 0.15) is 0 Å². The van der Waals surface area contributed by atoms with Crippen LogP contribution in [0.2, 0.25) is 0 Å². The minimum Gasteiger partial charge on any atom is -0.455 e. The molecule has 2 aromatic heterocycles. The molecule has 2 heterocycles. The largest absolute Gasteiger partial charge is 0.455 e. The van der Waals surface area contributed by atoms with Crippen LogP contribution in [0, 0.1) is 0 Å². The van der Waals surface area contributed by atoms with E-state index >= 15 is 0 Å². The van der Waals surface area contributed by atoms with Gasteiger partial charge < -0.3 is 9.32 Å². The van der Waals surface area contributed by atoms with Gasteiger partial charge in [0.05, 0.1) is 5.69 Å². The fourth-order valence-electron chi connectivity index (χ4n) is 7.28. The summed E-state index contributed by atoms with van der Waals surface area (Å²) in [7, 11) is 0. The third kappa shape index (κ3) is 5.65. The summed E-state index contributed by atoms with van der Waals surface area (Å²) >= 11 is 0. The van der Waals surface area contributed by atoms with Crippen LogP contribution in [0.25, 0.3) is 78.0 Å². The molecule has 0 spiro atoms. The van der Waals surface area contributed by atoms with Crippen LogP contribution in [0.3, 0.4) is 0 Å². The smallest absolute Gasteiger partial charge is 0.164 e. The Labute approximate surface area is 312 Å². The summed E-state index contributed by atoms with van der Waals surface area (Å²) in [6.07, 6.45) is 0. The number of fused-ring (bicyclic) bond motifs is 5. The van der Waals surface area contributed by atoms with Crippen LogP contribution >= 0.6 is 0 Å². The minimum atomic E-state index is 0.588. The molecule has 0 saturated carbocycles. The SMILES string of the molecule is c1ccc(-c2ccc(N(c3ccccc3)c3cc4c5ccc(-c6nc(-c7ccccc7)nc(-c7ccccc7)n6)cc5oc4c4ccccc34)cc2)cc1. The Bertz CT molecular complexity index is 2850. The highest BCUT2D eigenvalue weighted by atomic mass is 16.3. The first-order valence-electron chi connectivity index (χ1n) is 18.0. The van der Waals surface area contributed by atoms with Gasteiger partial charge in [0, 0.05) is 49.6 Å². The Kier molecular flexibility index (Phi) is 7.73. The Hall–Kier alpha value is -7.37. The topological polar surface area (TPSA) is 55.1 Å². The van der Waals surface area contributed by atoms with Crippen LogP contribution in [0.15, 0.2) is 199 Å². The number of hydrogen-bond donors (Lipinski definition) is 0. The van der Waals surface area contributed by atoms with Gasteiger partial charge in [0.25, 0.3) is 0 Å². The summed E-state index contributed by atoms with van der Waals surface area (Å²) in [5, 5.41) is 4.20. The maximum Gasteiger partial charge on any atom is 0.164 e. The lowest BCUT2D eigenvalue weighted by Gasteiger charge is -2.27. The van der Waals surface area contributed by atoms with Crippen LogP contribution in [0.5, 0.6) is 0 Å². The van der Waals surface area contributed by atoms with Crippen molar-refractivity contribution in [3.63, 3.8) is 0 Å². The Morgan fingerprint density at radius 3 is 1.41 bits per heavy atom.